The Morgan fingerprint density at radius 3 is 3.09 bits per heavy atom. The van der Waals surface area contributed by atoms with E-state index in [9.17, 15) is 9.90 Å². The van der Waals surface area contributed by atoms with E-state index in [2.05, 4.69) is 16.9 Å². The van der Waals surface area contributed by atoms with E-state index in [0.29, 0.717) is 5.92 Å². The lowest BCUT2D eigenvalue weighted by Gasteiger charge is -2.39. The Hall–Kier alpha value is -1.79. The zero-order valence-corrected chi connectivity index (χ0v) is 14.0. The summed E-state index contributed by atoms with van der Waals surface area (Å²) in [5.41, 5.74) is 1.60. The van der Waals surface area contributed by atoms with Crippen molar-refractivity contribution in [1.29, 1.82) is 0 Å². The van der Waals surface area contributed by atoms with Gasteiger partial charge in [-0.3, -0.25) is 9.78 Å². The third-order valence-electron chi connectivity index (χ3n) is 4.39. The molecule has 2 aromatic heterocycles. The number of aliphatic hydroxyl groups is 1. The second-order valence-corrected chi connectivity index (χ2v) is 6.85. The minimum absolute atomic E-state index is 0.0309. The maximum atomic E-state index is 12.6. The van der Waals surface area contributed by atoms with Gasteiger partial charge in [-0.2, -0.15) is 0 Å². The Morgan fingerprint density at radius 2 is 2.35 bits per heavy atom. The van der Waals surface area contributed by atoms with Crippen LogP contribution in [-0.4, -0.2) is 45.1 Å². The molecule has 1 fully saturated rings. The summed E-state index contributed by atoms with van der Waals surface area (Å²) in [6.07, 6.45) is 4.09. The van der Waals surface area contributed by atoms with Crippen molar-refractivity contribution in [3.8, 4) is 10.7 Å². The molecule has 0 spiro atoms. The topological polar surface area (TPSA) is 66.3 Å². The number of piperidine rings is 1. The Labute approximate surface area is 140 Å². The number of aliphatic hydroxyl groups excluding tert-OH is 1. The highest BCUT2D eigenvalue weighted by atomic mass is 32.1. The van der Waals surface area contributed by atoms with E-state index in [1.807, 2.05) is 28.5 Å². The minimum atomic E-state index is -0.0647. The molecule has 0 radical (unpaired) electrons. The van der Waals surface area contributed by atoms with Gasteiger partial charge in [-0.1, -0.05) is 13.0 Å². The maximum Gasteiger partial charge on any atom is 0.228 e. The first-order valence-electron chi connectivity index (χ1n) is 7.95. The molecule has 3 rings (SSSR count). The van der Waals surface area contributed by atoms with Gasteiger partial charge in [0.15, 0.2) is 0 Å². The molecule has 1 saturated heterocycles. The molecule has 0 saturated carbocycles. The second kappa shape index (κ2) is 7.19. The lowest BCUT2D eigenvalue weighted by atomic mass is 9.91. The summed E-state index contributed by atoms with van der Waals surface area (Å²) < 4.78 is 0. The van der Waals surface area contributed by atoms with Crippen LogP contribution in [0.15, 0.2) is 29.8 Å². The van der Waals surface area contributed by atoms with Crippen molar-refractivity contribution in [2.45, 2.75) is 32.2 Å². The average molecular weight is 331 g/mol. The van der Waals surface area contributed by atoms with Crippen LogP contribution in [0.1, 0.15) is 25.5 Å². The molecule has 1 N–H and O–H groups in total. The van der Waals surface area contributed by atoms with E-state index >= 15 is 0 Å². The molecule has 3 heterocycles. The quantitative estimate of drug-likeness (QED) is 0.934. The van der Waals surface area contributed by atoms with Gasteiger partial charge in [-0.25, -0.2) is 4.98 Å². The van der Waals surface area contributed by atoms with Crippen LogP contribution in [0.4, 0.5) is 0 Å². The molecule has 1 aliphatic rings. The van der Waals surface area contributed by atoms with Gasteiger partial charge in [-0.15, -0.1) is 11.3 Å². The fraction of sp³-hybridized carbons (Fsp3) is 0.471. The third kappa shape index (κ3) is 3.59. The SMILES string of the molecule is CC1CCCN(C(=O)Cc2csc(-c3ccccn3)n2)C1CO. The van der Waals surface area contributed by atoms with E-state index in [4.69, 9.17) is 0 Å². The van der Waals surface area contributed by atoms with E-state index < -0.39 is 0 Å². The van der Waals surface area contributed by atoms with E-state index in [-0.39, 0.29) is 25.0 Å². The summed E-state index contributed by atoms with van der Waals surface area (Å²) in [5, 5.41) is 12.3. The van der Waals surface area contributed by atoms with Gasteiger partial charge in [-0.05, 0) is 30.9 Å². The number of aromatic nitrogens is 2. The van der Waals surface area contributed by atoms with Crippen molar-refractivity contribution in [2.24, 2.45) is 5.92 Å². The molecule has 1 amide bonds. The fourth-order valence-corrected chi connectivity index (χ4v) is 3.88. The van der Waals surface area contributed by atoms with Gasteiger partial charge in [0.25, 0.3) is 0 Å². The van der Waals surface area contributed by atoms with E-state index in [1.165, 1.54) is 11.3 Å². The molecule has 2 unspecified atom stereocenters. The van der Waals surface area contributed by atoms with Gasteiger partial charge < -0.3 is 10.0 Å². The summed E-state index contributed by atoms with van der Waals surface area (Å²) in [6, 6.07) is 5.65. The lowest BCUT2D eigenvalue weighted by molar-refractivity contribution is -0.136. The first kappa shape index (κ1) is 16.1. The van der Waals surface area contributed by atoms with Crippen LogP contribution in [0.3, 0.4) is 0 Å². The predicted octanol–water partition coefficient (Wildman–Crippen LogP) is 2.37. The van der Waals surface area contributed by atoms with E-state index in [0.717, 1.165) is 35.8 Å². The van der Waals surface area contributed by atoms with Crippen molar-refractivity contribution in [2.75, 3.05) is 13.2 Å². The standard InChI is InChI=1S/C17H21N3O2S/c1-12-5-4-8-20(15(12)10-21)16(22)9-13-11-23-17(19-13)14-6-2-3-7-18-14/h2-3,6-7,11-12,15,21H,4-5,8-10H2,1H3. The van der Waals surface area contributed by atoms with Crippen LogP contribution < -0.4 is 0 Å². The Morgan fingerprint density at radius 1 is 1.48 bits per heavy atom. The van der Waals surface area contributed by atoms with Gasteiger partial charge >= 0.3 is 0 Å². The monoisotopic (exact) mass is 331 g/mol. The van der Waals surface area contributed by atoms with E-state index in [1.54, 1.807) is 6.20 Å². The van der Waals surface area contributed by atoms with Crippen LogP contribution in [0.5, 0.6) is 0 Å². The summed E-state index contributed by atoms with van der Waals surface area (Å²) in [4.78, 5) is 23.2. The largest absolute Gasteiger partial charge is 0.394 e. The molecule has 5 nitrogen and oxygen atoms in total. The highest BCUT2D eigenvalue weighted by Gasteiger charge is 2.31. The zero-order valence-electron chi connectivity index (χ0n) is 13.2. The number of nitrogens with zero attached hydrogens (tertiary/aromatic N) is 3. The molecule has 2 atom stereocenters. The summed E-state index contributed by atoms with van der Waals surface area (Å²) in [7, 11) is 0. The Bertz CT molecular complexity index is 659. The van der Waals surface area contributed by atoms with Crippen LogP contribution in [0.25, 0.3) is 10.7 Å². The number of pyridine rings is 1. The molecule has 0 aliphatic carbocycles. The summed E-state index contributed by atoms with van der Waals surface area (Å²) >= 11 is 1.50. The van der Waals surface area contributed by atoms with Gasteiger partial charge in [0.1, 0.15) is 5.01 Å². The van der Waals surface area contributed by atoms with Crippen molar-refractivity contribution in [1.82, 2.24) is 14.9 Å². The van der Waals surface area contributed by atoms with Crippen LogP contribution in [-0.2, 0) is 11.2 Å². The smallest absolute Gasteiger partial charge is 0.228 e. The zero-order chi connectivity index (χ0) is 16.2. The number of carbonyl (C=O) groups excluding carboxylic acids is 1. The molecule has 0 aromatic carbocycles. The van der Waals surface area contributed by atoms with Crippen LogP contribution in [0.2, 0.25) is 0 Å². The Kier molecular flexibility index (Phi) is 5.03. The number of rotatable bonds is 4. The second-order valence-electron chi connectivity index (χ2n) is 5.99. The van der Waals surface area contributed by atoms with Crippen molar-refractivity contribution >= 4 is 17.2 Å². The van der Waals surface area contributed by atoms with Crippen LogP contribution >= 0.6 is 11.3 Å². The van der Waals surface area contributed by atoms with Crippen molar-refractivity contribution in [3.63, 3.8) is 0 Å². The number of amides is 1. The molecule has 6 heteroatoms. The average Bonchev–Trinajstić information content (AvgIpc) is 3.04. The first-order chi connectivity index (χ1) is 11.2. The maximum absolute atomic E-state index is 12.6. The number of hydrogen-bond donors (Lipinski definition) is 1. The summed E-state index contributed by atoms with van der Waals surface area (Å²) in [6.45, 7) is 2.86. The normalized spacial score (nSPS) is 21.4. The lowest BCUT2D eigenvalue weighted by Crippen LogP contribution is -2.50. The molecular formula is C17H21N3O2S. The number of likely N-dealkylation sites (tertiary alicyclic amines) is 1. The molecule has 23 heavy (non-hydrogen) atoms. The van der Waals surface area contributed by atoms with Crippen molar-refractivity contribution in [3.05, 3.63) is 35.5 Å². The number of hydrogen-bond acceptors (Lipinski definition) is 5. The van der Waals surface area contributed by atoms with Gasteiger partial charge in [0, 0.05) is 18.1 Å². The summed E-state index contributed by atoms with van der Waals surface area (Å²) in [5.74, 6) is 0.394. The molecule has 2 aromatic rings. The minimum Gasteiger partial charge on any atom is -0.394 e. The number of carbonyl (C=O) groups is 1. The van der Waals surface area contributed by atoms with Crippen molar-refractivity contribution < 1.29 is 9.90 Å². The highest BCUT2D eigenvalue weighted by Crippen LogP contribution is 2.25. The Balaban J connectivity index is 1.69. The first-order valence-corrected chi connectivity index (χ1v) is 8.83. The third-order valence-corrected chi connectivity index (χ3v) is 5.30. The van der Waals surface area contributed by atoms with Crippen LogP contribution in [0, 0.1) is 5.92 Å². The van der Waals surface area contributed by atoms with Gasteiger partial charge in [0.2, 0.25) is 5.91 Å². The molecule has 122 valence electrons. The van der Waals surface area contributed by atoms with Gasteiger partial charge in [0.05, 0.1) is 30.5 Å². The predicted molar refractivity (Wildman–Crippen MR) is 90.0 cm³/mol. The highest BCUT2D eigenvalue weighted by molar-refractivity contribution is 7.13. The molecular weight excluding hydrogens is 310 g/mol. The molecule has 1 aliphatic heterocycles. The fourth-order valence-electron chi connectivity index (χ4n) is 3.09. The molecule has 0 bridgehead atoms. The number of thiazole rings is 1.